The molecule has 1 heterocycles. The van der Waals surface area contributed by atoms with Crippen molar-refractivity contribution in [2.24, 2.45) is 5.73 Å². The number of aryl methyl sites for hydroxylation is 1. The Hall–Kier alpha value is -1.26. The van der Waals surface area contributed by atoms with Crippen LogP contribution in [0.2, 0.25) is 0 Å². The van der Waals surface area contributed by atoms with E-state index in [0.717, 1.165) is 21.3 Å². The van der Waals surface area contributed by atoms with Crippen molar-refractivity contribution in [2.75, 3.05) is 0 Å². The number of halogens is 2. The molecule has 0 spiro atoms. The average molecular weight is 309 g/mol. The van der Waals surface area contributed by atoms with Crippen LogP contribution in [-0.2, 0) is 6.42 Å². The summed E-state index contributed by atoms with van der Waals surface area (Å²) in [5, 5.41) is 0. The van der Waals surface area contributed by atoms with Gasteiger partial charge in [-0.1, -0.05) is 22.0 Å². The van der Waals surface area contributed by atoms with Gasteiger partial charge in [-0.25, -0.2) is 4.39 Å². The maximum absolute atomic E-state index is 13.0. The first kappa shape index (κ1) is 13.2. The zero-order chi connectivity index (χ0) is 13.1. The van der Waals surface area contributed by atoms with E-state index in [-0.39, 0.29) is 11.9 Å². The van der Waals surface area contributed by atoms with Crippen LogP contribution in [-0.4, -0.2) is 4.98 Å². The highest BCUT2D eigenvalue weighted by molar-refractivity contribution is 9.10. The Balaban J connectivity index is 2.18. The molecule has 2 N–H and O–H groups in total. The molecule has 0 saturated heterocycles. The van der Waals surface area contributed by atoms with E-state index >= 15 is 0 Å². The van der Waals surface area contributed by atoms with Crippen LogP contribution in [0.5, 0.6) is 0 Å². The number of hydrogen-bond acceptors (Lipinski definition) is 2. The number of nitrogens with two attached hydrogens (primary N) is 1. The Morgan fingerprint density at radius 1 is 1.33 bits per heavy atom. The lowest BCUT2D eigenvalue weighted by Gasteiger charge is -2.13. The summed E-state index contributed by atoms with van der Waals surface area (Å²) in [6.45, 7) is 1.93. The predicted octanol–water partition coefficient (Wildman–Crippen LogP) is 3.53. The lowest BCUT2D eigenvalue weighted by atomic mass is 10.00. The van der Waals surface area contributed by atoms with E-state index in [1.54, 1.807) is 12.3 Å². The van der Waals surface area contributed by atoms with Crippen LogP contribution >= 0.6 is 15.9 Å². The molecule has 0 bridgehead atoms. The average Bonchev–Trinajstić information content (AvgIpc) is 2.32. The standard InChI is InChI=1S/C14H14BrFN2/c1-9-6-11(4-5-18-9)14(17)7-10-2-3-12(16)8-13(10)15/h2-6,8,14H,7,17H2,1H3. The molecule has 2 rings (SSSR count). The van der Waals surface area contributed by atoms with E-state index in [1.165, 1.54) is 12.1 Å². The number of rotatable bonds is 3. The number of hydrogen-bond donors (Lipinski definition) is 1. The van der Waals surface area contributed by atoms with Gasteiger partial charge in [-0.05, 0) is 48.7 Å². The van der Waals surface area contributed by atoms with Crippen molar-refractivity contribution in [3.63, 3.8) is 0 Å². The van der Waals surface area contributed by atoms with Gasteiger partial charge in [0, 0.05) is 22.4 Å². The SMILES string of the molecule is Cc1cc(C(N)Cc2ccc(F)cc2Br)ccn1. The molecule has 94 valence electrons. The summed E-state index contributed by atoms with van der Waals surface area (Å²) in [7, 11) is 0. The number of nitrogens with zero attached hydrogens (tertiary/aromatic N) is 1. The zero-order valence-electron chi connectivity index (χ0n) is 10.0. The predicted molar refractivity (Wildman–Crippen MR) is 73.7 cm³/mol. The van der Waals surface area contributed by atoms with Crippen LogP contribution in [0.4, 0.5) is 4.39 Å². The normalized spacial score (nSPS) is 12.4. The third-order valence-corrected chi connectivity index (χ3v) is 3.54. The lowest BCUT2D eigenvalue weighted by Crippen LogP contribution is -2.14. The van der Waals surface area contributed by atoms with Gasteiger partial charge in [0.15, 0.2) is 0 Å². The second-order valence-corrected chi connectivity index (χ2v) is 5.13. The van der Waals surface area contributed by atoms with Gasteiger partial charge < -0.3 is 5.73 Å². The van der Waals surface area contributed by atoms with Crippen molar-refractivity contribution < 1.29 is 4.39 Å². The van der Waals surface area contributed by atoms with Crippen LogP contribution in [0.3, 0.4) is 0 Å². The quantitative estimate of drug-likeness (QED) is 0.942. The molecule has 0 aliphatic carbocycles. The maximum atomic E-state index is 13.0. The van der Waals surface area contributed by atoms with E-state index < -0.39 is 0 Å². The molecule has 1 aromatic carbocycles. The minimum absolute atomic E-state index is 0.117. The van der Waals surface area contributed by atoms with Gasteiger partial charge in [-0.3, -0.25) is 4.98 Å². The van der Waals surface area contributed by atoms with E-state index in [2.05, 4.69) is 20.9 Å². The molecule has 0 aliphatic rings. The Kier molecular flexibility index (Phi) is 4.09. The maximum Gasteiger partial charge on any atom is 0.124 e. The molecule has 4 heteroatoms. The molecule has 0 aliphatic heterocycles. The minimum Gasteiger partial charge on any atom is -0.324 e. The second kappa shape index (κ2) is 5.59. The van der Waals surface area contributed by atoms with Crippen molar-refractivity contribution in [1.82, 2.24) is 4.98 Å². The highest BCUT2D eigenvalue weighted by atomic mass is 79.9. The second-order valence-electron chi connectivity index (χ2n) is 4.28. The van der Waals surface area contributed by atoms with E-state index in [4.69, 9.17) is 5.73 Å². The van der Waals surface area contributed by atoms with Crippen LogP contribution in [0.15, 0.2) is 41.0 Å². The highest BCUT2D eigenvalue weighted by Gasteiger charge is 2.10. The molecule has 2 aromatic rings. The first-order valence-corrected chi connectivity index (χ1v) is 6.47. The summed E-state index contributed by atoms with van der Waals surface area (Å²) in [5.41, 5.74) is 9.14. The van der Waals surface area contributed by atoms with Gasteiger partial charge >= 0.3 is 0 Å². The van der Waals surface area contributed by atoms with Gasteiger partial charge in [0.2, 0.25) is 0 Å². The van der Waals surface area contributed by atoms with Gasteiger partial charge in [0.25, 0.3) is 0 Å². The van der Waals surface area contributed by atoms with Crippen molar-refractivity contribution >= 4 is 15.9 Å². The molecule has 18 heavy (non-hydrogen) atoms. The van der Waals surface area contributed by atoms with Crippen molar-refractivity contribution in [3.8, 4) is 0 Å². The van der Waals surface area contributed by atoms with Crippen molar-refractivity contribution in [1.29, 1.82) is 0 Å². The highest BCUT2D eigenvalue weighted by Crippen LogP contribution is 2.23. The molecular formula is C14H14BrFN2. The largest absolute Gasteiger partial charge is 0.324 e. The number of pyridine rings is 1. The van der Waals surface area contributed by atoms with E-state index in [0.29, 0.717) is 6.42 Å². The minimum atomic E-state index is -0.251. The molecular weight excluding hydrogens is 295 g/mol. The molecule has 0 radical (unpaired) electrons. The molecule has 1 atom stereocenters. The fourth-order valence-electron chi connectivity index (χ4n) is 1.84. The Bertz CT molecular complexity index is 557. The third-order valence-electron chi connectivity index (χ3n) is 2.80. The van der Waals surface area contributed by atoms with Gasteiger partial charge in [-0.2, -0.15) is 0 Å². The number of benzene rings is 1. The summed E-state index contributed by atoms with van der Waals surface area (Å²) < 4.78 is 13.7. The Labute approximate surface area is 114 Å². The fraction of sp³-hybridized carbons (Fsp3) is 0.214. The van der Waals surface area contributed by atoms with Crippen LogP contribution in [0.25, 0.3) is 0 Å². The molecule has 2 nitrogen and oxygen atoms in total. The van der Waals surface area contributed by atoms with Gasteiger partial charge in [0.1, 0.15) is 5.82 Å². The molecule has 0 amide bonds. The topological polar surface area (TPSA) is 38.9 Å². The smallest absolute Gasteiger partial charge is 0.124 e. The molecule has 0 fully saturated rings. The van der Waals surface area contributed by atoms with E-state index in [9.17, 15) is 4.39 Å². The molecule has 0 saturated carbocycles. The molecule has 1 aromatic heterocycles. The van der Waals surface area contributed by atoms with Crippen LogP contribution < -0.4 is 5.73 Å². The fourth-order valence-corrected chi connectivity index (χ4v) is 2.35. The zero-order valence-corrected chi connectivity index (χ0v) is 11.6. The van der Waals surface area contributed by atoms with Gasteiger partial charge in [-0.15, -0.1) is 0 Å². The molecule has 1 unspecified atom stereocenters. The third kappa shape index (κ3) is 3.15. The lowest BCUT2D eigenvalue weighted by molar-refractivity contribution is 0.624. The summed E-state index contributed by atoms with van der Waals surface area (Å²) in [4.78, 5) is 4.14. The summed E-state index contributed by atoms with van der Waals surface area (Å²) in [6.07, 6.45) is 2.41. The summed E-state index contributed by atoms with van der Waals surface area (Å²) in [5.74, 6) is -0.251. The van der Waals surface area contributed by atoms with Gasteiger partial charge in [0.05, 0.1) is 0 Å². The van der Waals surface area contributed by atoms with Crippen LogP contribution in [0.1, 0.15) is 22.9 Å². The van der Waals surface area contributed by atoms with Crippen molar-refractivity contribution in [3.05, 3.63) is 63.6 Å². The number of aromatic nitrogens is 1. The monoisotopic (exact) mass is 308 g/mol. The van der Waals surface area contributed by atoms with Crippen molar-refractivity contribution in [2.45, 2.75) is 19.4 Å². The first-order chi connectivity index (χ1) is 8.56. The van der Waals surface area contributed by atoms with Crippen LogP contribution in [0, 0.1) is 12.7 Å². The Morgan fingerprint density at radius 3 is 2.78 bits per heavy atom. The summed E-state index contributed by atoms with van der Waals surface area (Å²) in [6, 6.07) is 8.43. The first-order valence-electron chi connectivity index (χ1n) is 5.68. The van der Waals surface area contributed by atoms with E-state index in [1.807, 2.05) is 19.1 Å². The Morgan fingerprint density at radius 2 is 2.11 bits per heavy atom. The summed E-state index contributed by atoms with van der Waals surface area (Å²) >= 11 is 3.35.